The number of aryl methyl sites for hydroxylation is 2. The number of nitrogens with zero attached hydrogens (tertiary/aromatic N) is 2. The lowest BCUT2D eigenvalue weighted by Crippen LogP contribution is -2.36. The molecule has 0 saturated heterocycles. The smallest absolute Gasteiger partial charge is 0.343 e. The van der Waals surface area contributed by atoms with E-state index in [9.17, 15) is 9.59 Å². The molecule has 0 aliphatic rings. The van der Waals surface area contributed by atoms with E-state index in [0.717, 1.165) is 25.9 Å². The van der Waals surface area contributed by atoms with Crippen LogP contribution in [-0.4, -0.2) is 26.2 Å². The Morgan fingerprint density at radius 1 is 0.833 bits per heavy atom. The van der Waals surface area contributed by atoms with Gasteiger partial charge in [-0.2, -0.15) is 0 Å². The third-order valence-corrected chi connectivity index (χ3v) is 3.64. The fourth-order valence-electron chi connectivity index (χ4n) is 2.39. The number of pyridine rings is 2. The first-order chi connectivity index (χ1) is 11.6. The number of rotatable bonds is 7. The molecule has 0 bridgehead atoms. The zero-order valence-electron chi connectivity index (χ0n) is 14.0. The van der Waals surface area contributed by atoms with E-state index in [1.54, 1.807) is 24.5 Å². The Hall–Kier alpha value is -2.76. The van der Waals surface area contributed by atoms with E-state index in [0.29, 0.717) is 11.1 Å². The average Bonchev–Trinajstić information content (AvgIpc) is 2.64. The molecule has 6 heteroatoms. The molecule has 0 unspecified atom stereocenters. The predicted octanol–water partition coefficient (Wildman–Crippen LogP) is 1.32. The molecular formula is C18H22N2O4+2. The largest absolute Gasteiger partial charge is 0.465 e. The van der Waals surface area contributed by atoms with Gasteiger partial charge in [-0.05, 0) is 12.1 Å². The van der Waals surface area contributed by atoms with Gasteiger partial charge in [0.1, 0.15) is 24.2 Å². The van der Waals surface area contributed by atoms with E-state index in [1.807, 2.05) is 33.7 Å². The molecule has 6 nitrogen and oxygen atoms in total. The molecule has 2 aromatic rings. The molecule has 0 aliphatic heterocycles. The summed E-state index contributed by atoms with van der Waals surface area (Å²) >= 11 is 0. The Kier molecular flexibility index (Phi) is 6.42. The standard InChI is InChI=1S/C18H22N2O4/c1-23-17(21)15-7-5-11-19(13-15)9-3-4-10-20-12-6-8-16(14-20)18(22)24-2/h5-8,11-14H,3-4,9-10H2,1-2H3/q+2. The van der Waals surface area contributed by atoms with Crippen LogP contribution in [0.2, 0.25) is 0 Å². The number of ether oxygens (including phenoxy) is 2. The van der Waals surface area contributed by atoms with Crippen LogP contribution in [0.25, 0.3) is 0 Å². The van der Waals surface area contributed by atoms with Gasteiger partial charge in [-0.1, -0.05) is 0 Å². The second kappa shape index (κ2) is 8.76. The second-order valence-electron chi connectivity index (χ2n) is 5.35. The number of carbonyl (C=O) groups is 2. The summed E-state index contributed by atoms with van der Waals surface area (Å²) in [6, 6.07) is 7.13. The van der Waals surface area contributed by atoms with Crippen LogP contribution in [0, 0.1) is 0 Å². The van der Waals surface area contributed by atoms with Gasteiger partial charge in [0.25, 0.3) is 0 Å². The Labute approximate surface area is 141 Å². The molecule has 0 aromatic carbocycles. The minimum absolute atomic E-state index is 0.334. The molecule has 0 amide bonds. The number of hydrogen-bond acceptors (Lipinski definition) is 4. The molecule has 0 fully saturated rings. The van der Waals surface area contributed by atoms with Crippen molar-refractivity contribution in [1.29, 1.82) is 0 Å². The van der Waals surface area contributed by atoms with Crippen molar-refractivity contribution in [1.82, 2.24) is 0 Å². The number of unbranched alkanes of at least 4 members (excludes halogenated alkanes) is 1. The third kappa shape index (κ3) is 4.87. The molecule has 2 rings (SSSR count). The predicted molar refractivity (Wildman–Crippen MR) is 85.2 cm³/mol. The highest BCUT2D eigenvalue weighted by atomic mass is 16.5. The van der Waals surface area contributed by atoms with Gasteiger partial charge in [0.05, 0.1) is 14.2 Å². The maximum atomic E-state index is 11.5. The molecule has 0 radical (unpaired) electrons. The van der Waals surface area contributed by atoms with Crippen molar-refractivity contribution in [2.75, 3.05) is 14.2 Å². The van der Waals surface area contributed by atoms with Crippen molar-refractivity contribution < 1.29 is 28.2 Å². The van der Waals surface area contributed by atoms with E-state index in [2.05, 4.69) is 0 Å². The van der Waals surface area contributed by atoms with Crippen LogP contribution in [0.4, 0.5) is 0 Å². The summed E-state index contributed by atoms with van der Waals surface area (Å²) in [4.78, 5) is 23.0. The summed E-state index contributed by atoms with van der Waals surface area (Å²) in [6.07, 6.45) is 9.33. The van der Waals surface area contributed by atoms with Gasteiger partial charge in [0.2, 0.25) is 0 Å². The van der Waals surface area contributed by atoms with Gasteiger partial charge in [-0.25, -0.2) is 18.7 Å². The second-order valence-corrected chi connectivity index (χ2v) is 5.35. The quantitative estimate of drug-likeness (QED) is 0.436. The van der Waals surface area contributed by atoms with Gasteiger partial charge in [0, 0.05) is 25.0 Å². The van der Waals surface area contributed by atoms with Crippen molar-refractivity contribution >= 4 is 11.9 Å². The van der Waals surface area contributed by atoms with Gasteiger partial charge < -0.3 is 9.47 Å². The van der Waals surface area contributed by atoms with Gasteiger partial charge >= 0.3 is 11.9 Å². The maximum Gasteiger partial charge on any atom is 0.343 e. The normalized spacial score (nSPS) is 10.2. The number of carbonyl (C=O) groups excluding carboxylic acids is 2. The minimum atomic E-state index is -0.334. The maximum absolute atomic E-state index is 11.5. The summed E-state index contributed by atoms with van der Waals surface area (Å²) in [5.41, 5.74) is 1.08. The molecule has 0 saturated carbocycles. The van der Waals surface area contributed by atoms with E-state index >= 15 is 0 Å². The highest BCUT2D eigenvalue weighted by Crippen LogP contribution is 1.99. The van der Waals surface area contributed by atoms with Crippen molar-refractivity contribution in [2.24, 2.45) is 0 Å². The van der Waals surface area contributed by atoms with Crippen molar-refractivity contribution in [3.05, 3.63) is 60.2 Å². The first-order valence-electron chi connectivity index (χ1n) is 7.79. The molecule has 0 N–H and O–H groups in total. The number of aromatic nitrogens is 2. The lowest BCUT2D eigenvalue weighted by Gasteiger charge is -2.01. The summed E-state index contributed by atoms with van der Waals surface area (Å²) in [6.45, 7) is 1.62. The van der Waals surface area contributed by atoms with Gasteiger partial charge in [-0.3, -0.25) is 0 Å². The van der Waals surface area contributed by atoms with Crippen LogP contribution < -0.4 is 9.13 Å². The Morgan fingerprint density at radius 3 is 1.62 bits per heavy atom. The summed E-state index contributed by atoms with van der Waals surface area (Å²) < 4.78 is 13.4. The fourth-order valence-corrected chi connectivity index (χ4v) is 2.39. The Morgan fingerprint density at radius 2 is 1.25 bits per heavy atom. The molecule has 0 atom stereocenters. The highest BCUT2D eigenvalue weighted by Gasteiger charge is 2.12. The van der Waals surface area contributed by atoms with Gasteiger partial charge in [0.15, 0.2) is 24.8 Å². The van der Waals surface area contributed by atoms with E-state index in [1.165, 1.54) is 14.2 Å². The van der Waals surface area contributed by atoms with Crippen LogP contribution in [0.3, 0.4) is 0 Å². The average molecular weight is 330 g/mol. The molecule has 2 heterocycles. The minimum Gasteiger partial charge on any atom is -0.465 e. The van der Waals surface area contributed by atoms with E-state index in [-0.39, 0.29) is 11.9 Å². The molecule has 0 aliphatic carbocycles. The number of methoxy groups -OCH3 is 2. The summed E-state index contributed by atoms with van der Waals surface area (Å²) in [5, 5.41) is 0. The first kappa shape index (κ1) is 17.6. The van der Waals surface area contributed by atoms with Crippen LogP contribution in [-0.2, 0) is 22.6 Å². The molecule has 126 valence electrons. The van der Waals surface area contributed by atoms with Crippen molar-refractivity contribution in [3.8, 4) is 0 Å². The Balaban J connectivity index is 1.85. The zero-order chi connectivity index (χ0) is 17.4. The van der Waals surface area contributed by atoms with Crippen LogP contribution in [0.1, 0.15) is 33.6 Å². The third-order valence-electron chi connectivity index (χ3n) is 3.64. The summed E-state index contributed by atoms with van der Waals surface area (Å²) in [5.74, 6) is -0.668. The number of hydrogen-bond donors (Lipinski definition) is 0. The Bertz CT molecular complexity index is 654. The van der Waals surface area contributed by atoms with Crippen LogP contribution in [0.15, 0.2) is 49.1 Å². The fraction of sp³-hybridized carbons (Fsp3) is 0.333. The van der Waals surface area contributed by atoms with Crippen molar-refractivity contribution in [3.63, 3.8) is 0 Å². The summed E-state index contributed by atoms with van der Waals surface area (Å²) in [7, 11) is 2.75. The first-order valence-corrected chi connectivity index (χ1v) is 7.79. The molecule has 2 aromatic heterocycles. The van der Waals surface area contributed by atoms with Crippen LogP contribution in [0.5, 0.6) is 0 Å². The van der Waals surface area contributed by atoms with E-state index < -0.39 is 0 Å². The topological polar surface area (TPSA) is 60.4 Å². The zero-order valence-corrected chi connectivity index (χ0v) is 14.0. The van der Waals surface area contributed by atoms with E-state index in [4.69, 9.17) is 9.47 Å². The highest BCUT2D eigenvalue weighted by molar-refractivity contribution is 5.88. The molecule has 0 spiro atoms. The van der Waals surface area contributed by atoms with Crippen LogP contribution >= 0.6 is 0 Å². The molecular weight excluding hydrogens is 308 g/mol. The monoisotopic (exact) mass is 330 g/mol. The lowest BCUT2D eigenvalue weighted by molar-refractivity contribution is -0.708. The SMILES string of the molecule is COC(=O)c1ccc[n+](CCCC[n+]2cccc(C(=O)OC)c2)c1. The molecule has 24 heavy (non-hydrogen) atoms. The number of esters is 2. The van der Waals surface area contributed by atoms with Crippen molar-refractivity contribution in [2.45, 2.75) is 25.9 Å². The van der Waals surface area contributed by atoms with Gasteiger partial charge in [-0.15, -0.1) is 0 Å². The lowest BCUT2D eigenvalue weighted by atomic mass is 10.2.